The van der Waals surface area contributed by atoms with Gasteiger partial charge in [-0.1, -0.05) is 35.9 Å². The summed E-state index contributed by atoms with van der Waals surface area (Å²) in [5.41, 5.74) is 3.31. The van der Waals surface area contributed by atoms with E-state index >= 15 is 0 Å². The fourth-order valence-electron chi connectivity index (χ4n) is 3.76. The first kappa shape index (κ1) is 19.4. The molecule has 1 fully saturated rings. The number of ketones is 1. The van der Waals surface area contributed by atoms with Crippen molar-refractivity contribution in [3.05, 3.63) is 59.2 Å². The third-order valence-electron chi connectivity index (χ3n) is 5.46. The van der Waals surface area contributed by atoms with E-state index in [9.17, 15) is 4.79 Å². The van der Waals surface area contributed by atoms with Crippen LogP contribution in [0.1, 0.15) is 34.3 Å². The predicted molar refractivity (Wildman–Crippen MR) is 108 cm³/mol. The van der Waals surface area contributed by atoms with Crippen LogP contribution in [0, 0.1) is 12.8 Å². The minimum absolute atomic E-state index is 0.0571. The van der Waals surface area contributed by atoms with E-state index in [1.165, 1.54) is 11.1 Å². The fourth-order valence-corrected chi connectivity index (χ4v) is 3.76. The van der Waals surface area contributed by atoms with Gasteiger partial charge in [-0.3, -0.25) is 4.79 Å². The Labute approximate surface area is 162 Å². The number of benzene rings is 2. The van der Waals surface area contributed by atoms with Gasteiger partial charge in [-0.15, -0.1) is 0 Å². The molecule has 0 radical (unpaired) electrons. The molecule has 144 valence electrons. The highest BCUT2D eigenvalue weighted by atomic mass is 16.5. The quantitative estimate of drug-likeness (QED) is 0.689. The molecule has 4 nitrogen and oxygen atoms in total. The average molecular weight is 367 g/mol. The SMILES string of the molecule is COc1cccc(C(=O)C2CCN(CCc3ccc(C)cc3)CC2)c1OC. The summed E-state index contributed by atoms with van der Waals surface area (Å²) < 4.78 is 10.8. The number of carbonyl (C=O) groups is 1. The molecule has 0 bridgehead atoms. The second kappa shape index (κ2) is 9.05. The van der Waals surface area contributed by atoms with Gasteiger partial charge in [-0.05, 0) is 57.0 Å². The summed E-state index contributed by atoms with van der Waals surface area (Å²) in [6.45, 7) is 5.10. The third-order valence-corrected chi connectivity index (χ3v) is 5.46. The Hall–Kier alpha value is -2.33. The average Bonchev–Trinajstić information content (AvgIpc) is 2.72. The van der Waals surface area contributed by atoms with Crippen LogP contribution in [0.5, 0.6) is 11.5 Å². The number of nitrogens with zero attached hydrogens (tertiary/aromatic N) is 1. The fraction of sp³-hybridized carbons (Fsp3) is 0.435. The molecule has 1 aliphatic heterocycles. The molecule has 1 heterocycles. The molecule has 0 aliphatic carbocycles. The maximum atomic E-state index is 13.0. The van der Waals surface area contributed by atoms with Gasteiger partial charge < -0.3 is 14.4 Å². The molecular formula is C23H29NO3. The number of ether oxygens (including phenoxy) is 2. The molecule has 0 amide bonds. The van der Waals surface area contributed by atoms with E-state index in [4.69, 9.17) is 9.47 Å². The van der Waals surface area contributed by atoms with Gasteiger partial charge in [-0.2, -0.15) is 0 Å². The highest BCUT2D eigenvalue weighted by molar-refractivity contribution is 6.01. The summed E-state index contributed by atoms with van der Waals surface area (Å²) in [5, 5.41) is 0. The molecule has 0 saturated carbocycles. The van der Waals surface area contributed by atoms with E-state index < -0.39 is 0 Å². The standard InChI is InChI=1S/C23H29NO3/c1-17-7-9-18(10-8-17)11-14-24-15-12-19(13-16-24)22(25)20-5-4-6-21(26-2)23(20)27-3/h4-10,19H,11-16H2,1-3H3. The number of para-hydroxylation sites is 1. The molecular weight excluding hydrogens is 338 g/mol. The van der Waals surface area contributed by atoms with Gasteiger partial charge in [0.15, 0.2) is 17.3 Å². The summed E-state index contributed by atoms with van der Waals surface area (Å²) >= 11 is 0. The molecule has 2 aromatic carbocycles. The summed E-state index contributed by atoms with van der Waals surface area (Å²) in [6, 6.07) is 14.3. The van der Waals surface area contributed by atoms with Crippen molar-refractivity contribution in [2.24, 2.45) is 5.92 Å². The van der Waals surface area contributed by atoms with Gasteiger partial charge in [0, 0.05) is 12.5 Å². The summed E-state index contributed by atoms with van der Waals surface area (Å²) in [6.07, 6.45) is 2.85. The first-order valence-electron chi connectivity index (χ1n) is 9.65. The Morgan fingerprint density at radius 2 is 1.74 bits per heavy atom. The van der Waals surface area contributed by atoms with Crippen LogP contribution in [0.25, 0.3) is 0 Å². The number of aryl methyl sites for hydroxylation is 1. The number of carbonyl (C=O) groups excluding carboxylic acids is 1. The topological polar surface area (TPSA) is 38.8 Å². The highest BCUT2D eigenvalue weighted by Crippen LogP contribution is 2.34. The molecule has 0 unspecified atom stereocenters. The van der Waals surface area contributed by atoms with Crippen molar-refractivity contribution in [1.82, 2.24) is 4.90 Å². The Balaban J connectivity index is 1.56. The Bertz CT molecular complexity index is 762. The monoisotopic (exact) mass is 367 g/mol. The zero-order chi connectivity index (χ0) is 19.2. The number of methoxy groups -OCH3 is 2. The van der Waals surface area contributed by atoms with Gasteiger partial charge in [0.25, 0.3) is 0 Å². The van der Waals surface area contributed by atoms with Crippen molar-refractivity contribution in [2.45, 2.75) is 26.2 Å². The predicted octanol–water partition coefficient (Wildman–Crippen LogP) is 4.15. The Morgan fingerprint density at radius 3 is 2.37 bits per heavy atom. The third kappa shape index (κ3) is 4.69. The zero-order valence-corrected chi connectivity index (χ0v) is 16.5. The molecule has 0 aromatic heterocycles. The van der Waals surface area contributed by atoms with E-state index in [0.717, 1.165) is 38.9 Å². The van der Waals surface area contributed by atoms with Crippen molar-refractivity contribution in [3.63, 3.8) is 0 Å². The number of hydrogen-bond acceptors (Lipinski definition) is 4. The van der Waals surface area contributed by atoms with Crippen LogP contribution in [0.2, 0.25) is 0 Å². The number of hydrogen-bond donors (Lipinski definition) is 0. The lowest BCUT2D eigenvalue weighted by molar-refractivity contribution is 0.0837. The molecule has 4 heteroatoms. The van der Waals surface area contributed by atoms with Gasteiger partial charge in [-0.25, -0.2) is 0 Å². The smallest absolute Gasteiger partial charge is 0.171 e. The molecule has 0 N–H and O–H groups in total. The van der Waals surface area contributed by atoms with Crippen molar-refractivity contribution in [3.8, 4) is 11.5 Å². The van der Waals surface area contributed by atoms with Crippen molar-refractivity contribution in [2.75, 3.05) is 33.9 Å². The Morgan fingerprint density at radius 1 is 1.04 bits per heavy atom. The maximum Gasteiger partial charge on any atom is 0.171 e. The molecule has 1 saturated heterocycles. The van der Waals surface area contributed by atoms with Crippen molar-refractivity contribution >= 4 is 5.78 Å². The zero-order valence-electron chi connectivity index (χ0n) is 16.5. The van der Waals surface area contributed by atoms with E-state index in [0.29, 0.717) is 17.1 Å². The summed E-state index contributed by atoms with van der Waals surface area (Å²) in [5.74, 6) is 1.39. The summed E-state index contributed by atoms with van der Waals surface area (Å²) in [7, 11) is 3.18. The lowest BCUT2D eigenvalue weighted by atomic mass is 9.88. The lowest BCUT2D eigenvalue weighted by Gasteiger charge is -2.31. The maximum absolute atomic E-state index is 13.0. The van der Waals surface area contributed by atoms with Crippen LogP contribution in [0.4, 0.5) is 0 Å². The van der Waals surface area contributed by atoms with Crippen molar-refractivity contribution < 1.29 is 14.3 Å². The van der Waals surface area contributed by atoms with Crippen LogP contribution < -0.4 is 9.47 Å². The minimum atomic E-state index is 0.0571. The number of piperidine rings is 1. The van der Waals surface area contributed by atoms with Gasteiger partial charge in [0.05, 0.1) is 19.8 Å². The Kier molecular flexibility index (Phi) is 6.51. The van der Waals surface area contributed by atoms with E-state index in [1.807, 2.05) is 18.2 Å². The van der Waals surface area contributed by atoms with E-state index in [-0.39, 0.29) is 11.7 Å². The molecule has 0 spiro atoms. The first-order valence-corrected chi connectivity index (χ1v) is 9.65. The molecule has 1 aliphatic rings. The second-order valence-electron chi connectivity index (χ2n) is 7.26. The molecule has 0 atom stereocenters. The number of Topliss-reactive ketones (excluding diaryl/α,β-unsaturated/α-hetero) is 1. The molecule has 2 aromatic rings. The van der Waals surface area contributed by atoms with Gasteiger partial charge >= 0.3 is 0 Å². The number of rotatable bonds is 7. The van der Waals surface area contributed by atoms with E-state index in [2.05, 4.69) is 36.1 Å². The summed E-state index contributed by atoms with van der Waals surface area (Å²) in [4.78, 5) is 15.5. The van der Waals surface area contributed by atoms with Gasteiger partial charge in [0.1, 0.15) is 0 Å². The van der Waals surface area contributed by atoms with Crippen LogP contribution in [0.15, 0.2) is 42.5 Å². The molecule has 3 rings (SSSR count). The van der Waals surface area contributed by atoms with E-state index in [1.54, 1.807) is 14.2 Å². The van der Waals surface area contributed by atoms with Crippen molar-refractivity contribution in [1.29, 1.82) is 0 Å². The largest absolute Gasteiger partial charge is 0.493 e. The van der Waals surface area contributed by atoms with Crippen LogP contribution in [-0.2, 0) is 6.42 Å². The van der Waals surface area contributed by atoms with Crippen LogP contribution >= 0.6 is 0 Å². The lowest BCUT2D eigenvalue weighted by Crippen LogP contribution is -2.37. The van der Waals surface area contributed by atoms with Gasteiger partial charge in [0.2, 0.25) is 0 Å². The second-order valence-corrected chi connectivity index (χ2v) is 7.26. The highest BCUT2D eigenvalue weighted by Gasteiger charge is 2.28. The molecule has 27 heavy (non-hydrogen) atoms. The normalized spacial score (nSPS) is 15.5. The van der Waals surface area contributed by atoms with Crippen LogP contribution in [-0.4, -0.2) is 44.5 Å². The first-order chi connectivity index (χ1) is 13.1. The van der Waals surface area contributed by atoms with Crippen LogP contribution in [0.3, 0.4) is 0 Å². The number of likely N-dealkylation sites (tertiary alicyclic amines) is 1. The minimum Gasteiger partial charge on any atom is -0.493 e.